The Morgan fingerprint density at radius 3 is 2.68 bits per heavy atom. The van der Waals surface area contributed by atoms with E-state index in [0.29, 0.717) is 14.7 Å². The minimum absolute atomic E-state index is 0.0930. The summed E-state index contributed by atoms with van der Waals surface area (Å²) in [5.41, 5.74) is -0.537. The van der Waals surface area contributed by atoms with Crippen LogP contribution in [0.2, 0.25) is 0 Å². The molecule has 0 aromatic carbocycles. The van der Waals surface area contributed by atoms with Crippen LogP contribution < -0.4 is 0 Å². The zero-order valence-corrected chi connectivity index (χ0v) is 12.9. The average molecular weight is 347 g/mol. The number of esters is 1. The Balaban J connectivity index is 2.04. The minimum atomic E-state index is -0.537. The van der Waals surface area contributed by atoms with Gasteiger partial charge in [-0.25, -0.2) is 4.79 Å². The van der Waals surface area contributed by atoms with Crippen LogP contribution in [0.25, 0.3) is 10.8 Å². The number of carbonyl (C=O) groups is 1. The Bertz CT molecular complexity index is 590. The third-order valence-corrected chi connectivity index (χ3v) is 3.09. The molecule has 0 amide bonds. The molecule has 0 radical (unpaired) electrons. The zero-order chi connectivity index (χ0) is 14.0. The molecule has 0 saturated heterocycles. The normalized spacial score (nSPS) is 11.6. The number of aromatic nitrogens is 6. The van der Waals surface area contributed by atoms with Crippen LogP contribution in [0.5, 0.6) is 0 Å². The number of nitrogens with zero attached hydrogens (tertiary/aromatic N) is 6. The van der Waals surface area contributed by atoms with Crippen molar-refractivity contribution < 1.29 is 9.53 Å². The van der Waals surface area contributed by atoms with Crippen molar-refractivity contribution >= 4 is 33.2 Å². The Kier molecular flexibility index (Phi) is 3.90. The molecule has 0 spiro atoms. The van der Waals surface area contributed by atoms with E-state index in [9.17, 15) is 4.79 Å². The van der Waals surface area contributed by atoms with E-state index in [1.807, 2.05) is 0 Å². The molecule has 2 heterocycles. The molecule has 0 aliphatic rings. The largest absolute Gasteiger partial charge is 0.459 e. The summed E-state index contributed by atoms with van der Waals surface area (Å²) >= 11 is 4.48. The van der Waals surface area contributed by atoms with Crippen LogP contribution in [0.1, 0.15) is 20.8 Å². The first-order valence-electron chi connectivity index (χ1n) is 5.32. The molecule has 19 heavy (non-hydrogen) atoms. The summed E-state index contributed by atoms with van der Waals surface area (Å²) in [5.74, 6) is -0.0957. The third kappa shape index (κ3) is 4.03. The summed E-state index contributed by atoms with van der Waals surface area (Å²) in [4.78, 5) is 12.8. The second kappa shape index (κ2) is 5.29. The van der Waals surface area contributed by atoms with Gasteiger partial charge in [0.25, 0.3) is 0 Å². The standard InChI is InChI=1S/C9H11BrN6O2S/c1-9(2,3)18-5(17)4-16-14-6(11-15-16)7-12-13-8(10)19-7/h4H2,1-3H3. The average Bonchev–Trinajstić information content (AvgIpc) is 2.83. The van der Waals surface area contributed by atoms with Crippen molar-refractivity contribution in [2.24, 2.45) is 0 Å². The van der Waals surface area contributed by atoms with E-state index in [2.05, 4.69) is 41.5 Å². The van der Waals surface area contributed by atoms with Crippen LogP contribution in [-0.4, -0.2) is 42.0 Å². The summed E-state index contributed by atoms with van der Waals surface area (Å²) < 4.78 is 5.79. The highest BCUT2D eigenvalue weighted by molar-refractivity contribution is 9.11. The van der Waals surface area contributed by atoms with E-state index in [1.165, 1.54) is 16.1 Å². The molecular weight excluding hydrogens is 336 g/mol. The van der Waals surface area contributed by atoms with Gasteiger partial charge in [-0.2, -0.15) is 4.80 Å². The highest BCUT2D eigenvalue weighted by Crippen LogP contribution is 2.22. The molecule has 0 unspecified atom stereocenters. The Morgan fingerprint density at radius 1 is 1.37 bits per heavy atom. The van der Waals surface area contributed by atoms with E-state index in [0.717, 1.165) is 0 Å². The van der Waals surface area contributed by atoms with Gasteiger partial charge >= 0.3 is 5.97 Å². The predicted octanol–water partition coefficient (Wildman–Crippen LogP) is 1.30. The molecule has 0 N–H and O–H groups in total. The molecule has 2 rings (SSSR count). The molecule has 10 heteroatoms. The smallest absolute Gasteiger partial charge is 0.330 e. The monoisotopic (exact) mass is 346 g/mol. The van der Waals surface area contributed by atoms with Gasteiger partial charge in [0.2, 0.25) is 5.82 Å². The number of halogens is 1. The second-order valence-electron chi connectivity index (χ2n) is 4.59. The van der Waals surface area contributed by atoms with Crippen LogP contribution in [-0.2, 0) is 16.1 Å². The number of tetrazole rings is 1. The first-order valence-corrected chi connectivity index (χ1v) is 6.93. The minimum Gasteiger partial charge on any atom is -0.459 e. The second-order valence-corrected chi connectivity index (χ2v) is 6.84. The maximum Gasteiger partial charge on any atom is 0.330 e. The van der Waals surface area contributed by atoms with Crippen LogP contribution in [0.3, 0.4) is 0 Å². The summed E-state index contributed by atoms with van der Waals surface area (Å²) in [6.07, 6.45) is 0. The first-order chi connectivity index (χ1) is 8.83. The SMILES string of the molecule is CC(C)(C)OC(=O)Cn1nnc(-c2nnc(Br)s2)n1. The van der Waals surface area contributed by atoms with Gasteiger partial charge in [0.1, 0.15) is 5.60 Å². The molecular formula is C9H11BrN6O2S. The van der Waals surface area contributed by atoms with Gasteiger partial charge in [-0.1, -0.05) is 11.3 Å². The van der Waals surface area contributed by atoms with Crippen molar-refractivity contribution in [3.8, 4) is 10.8 Å². The van der Waals surface area contributed by atoms with Crippen LogP contribution in [0.15, 0.2) is 3.92 Å². The van der Waals surface area contributed by atoms with Gasteiger partial charge in [0.05, 0.1) is 0 Å². The van der Waals surface area contributed by atoms with Crippen LogP contribution in [0.4, 0.5) is 0 Å². The number of carbonyl (C=O) groups excluding carboxylic acids is 1. The van der Waals surface area contributed by atoms with E-state index < -0.39 is 11.6 Å². The predicted molar refractivity (Wildman–Crippen MR) is 70.3 cm³/mol. The van der Waals surface area contributed by atoms with E-state index in [-0.39, 0.29) is 6.54 Å². The van der Waals surface area contributed by atoms with Gasteiger partial charge in [-0.15, -0.1) is 20.4 Å². The maximum atomic E-state index is 11.6. The molecule has 8 nitrogen and oxygen atoms in total. The van der Waals surface area contributed by atoms with Crippen LogP contribution in [0, 0.1) is 0 Å². The number of hydrogen-bond donors (Lipinski definition) is 0. The molecule has 0 bridgehead atoms. The Hall–Kier alpha value is -1.42. The zero-order valence-electron chi connectivity index (χ0n) is 10.5. The van der Waals surface area contributed by atoms with Gasteiger partial charge in [0, 0.05) is 0 Å². The number of hydrogen-bond acceptors (Lipinski definition) is 8. The van der Waals surface area contributed by atoms with Crippen LogP contribution >= 0.6 is 27.3 Å². The lowest BCUT2D eigenvalue weighted by molar-refractivity contribution is -0.156. The van der Waals surface area contributed by atoms with Crippen molar-refractivity contribution in [2.45, 2.75) is 32.9 Å². The van der Waals surface area contributed by atoms with E-state index in [4.69, 9.17) is 4.74 Å². The van der Waals surface area contributed by atoms with Crippen molar-refractivity contribution in [1.82, 2.24) is 30.4 Å². The van der Waals surface area contributed by atoms with Crippen molar-refractivity contribution in [1.29, 1.82) is 0 Å². The third-order valence-electron chi connectivity index (χ3n) is 1.74. The van der Waals surface area contributed by atoms with Gasteiger partial charge in [0.15, 0.2) is 15.5 Å². The molecule has 0 atom stereocenters. The fourth-order valence-electron chi connectivity index (χ4n) is 1.18. The fourth-order valence-corrected chi connectivity index (χ4v) is 2.22. The van der Waals surface area contributed by atoms with Gasteiger partial charge < -0.3 is 4.74 Å². The lowest BCUT2D eigenvalue weighted by Gasteiger charge is -2.18. The summed E-state index contributed by atoms with van der Waals surface area (Å²) in [6, 6.07) is 0. The topological polar surface area (TPSA) is 95.7 Å². The molecule has 2 aromatic rings. The quantitative estimate of drug-likeness (QED) is 0.772. The Morgan fingerprint density at radius 2 is 2.11 bits per heavy atom. The van der Waals surface area contributed by atoms with Crippen molar-refractivity contribution in [3.05, 3.63) is 3.92 Å². The van der Waals surface area contributed by atoms with E-state index >= 15 is 0 Å². The van der Waals surface area contributed by atoms with Crippen molar-refractivity contribution in [3.63, 3.8) is 0 Å². The summed E-state index contributed by atoms with van der Waals surface area (Å²) in [5, 5.41) is 19.8. The highest BCUT2D eigenvalue weighted by Gasteiger charge is 2.18. The summed E-state index contributed by atoms with van der Waals surface area (Å²) in [6.45, 7) is 5.29. The fraction of sp³-hybridized carbons (Fsp3) is 0.556. The molecule has 102 valence electrons. The number of ether oxygens (including phenoxy) is 1. The molecule has 2 aromatic heterocycles. The van der Waals surface area contributed by atoms with Crippen molar-refractivity contribution in [2.75, 3.05) is 0 Å². The number of rotatable bonds is 3. The Labute approximate surface area is 121 Å². The lowest BCUT2D eigenvalue weighted by Crippen LogP contribution is -2.27. The highest BCUT2D eigenvalue weighted by atomic mass is 79.9. The molecule has 0 aliphatic carbocycles. The molecule has 0 saturated carbocycles. The van der Waals surface area contributed by atoms with E-state index in [1.54, 1.807) is 20.8 Å². The lowest BCUT2D eigenvalue weighted by atomic mass is 10.2. The first kappa shape index (κ1) is 14.0. The van der Waals surface area contributed by atoms with Gasteiger partial charge in [-0.3, -0.25) is 0 Å². The molecule has 0 fully saturated rings. The maximum absolute atomic E-state index is 11.6. The molecule has 0 aliphatic heterocycles. The summed E-state index contributed by atoms with van der Waals surface area (Å²) in [7, 11) is 0. The van der Waals surface area contributed by atoms with Gasteiger partial charge in [-0.05, 0) is 41.9 Å².